The molecule has 0 aromatic carbocycles. The van der Waals surface area contributed by atoms with Crippen molar-refractivity contribution in [1.82, 2.24) is 14.8 Å². The molecule has 1 aliphatic heterocycles. The first kappa shape index (κ1) is 13.8. The van der Waals surface area contributed by atoms with E-state index in [-0.39, 0.29) is 11.7 Å². The van der Waals surface area contributed by atoms with E-state index >= 15 is 0 Å². The van der Waals surface area contributed by atoms with Gasteiger partial charge in [-0.1, -0.05) is 13.8 Å². The number of aromatic nitrogens is 1. The van der Waals surface area contributed by atoms with Crippen LogP contribution in [0.3, 0.4) is 0 Å². The van der Waals surface area contributed by atoms with Gasteiger partial charge in [-0.25, -0.2) is 0 Å². The van der Waals surface area contributed by atoms with Gasteiger partial charge in [-0.05, 0) is 25.6 Å². The molecule has 2 rings (SSSR count). The van der Waals surface area contributed by atoms with E-state index in [0.29, 0.717) is 11.6 Å². The third-order valence-corrected chi connectivity index (χ3v) is 3.75. The molecule has 2 heterocycles. The van der Waals surface area contributed by atoms with E-state index in [2.05, 4.69) is 23.7 Å². The lowest BCUT2D eigenvalue weighted by molar-refractivity contribution is 0.0777. The molecule has 0 radical (unpaired) electrons. The molecular formula is C14H21N3O2. The number of likely N-dealkylation sites (N-methyl/N-ethyl adjacent to an activating group) is 1. The Morgan fingerprint density at radius 1 is 1.47 bits per heavy atom. The number of hydrogen-bond donors (Lipinski definition) is 1. The summed E-state index contributed by atoms with van der Waals surface area (Å²) in [6.45, 7) is 7.85. The average molecular weight is 263 g/mol. The van der Waals surface area contributed by atoms with Crippen LogP contribution in [0.2, 0.25) is 0 Å². The van der Waals surface area contributed by atoms with Crippen molar-refractivity contribution in [1.29, 1.82) is 0 Å². The molecule has 1 fully saturated rings. The fourth-order valence-corrected chi connectivity index (χ4v) is 2.69. The zero-order valence-corrected chi connectivity index (χ0v) is 11.5. The Morgan fingerprint density at radius 3 is 2.84 bits per heavy atom. The van der Waals surface area contributed by atoms with Crippen LogP contribution in [-0.4, -0.2) is 58.0 Å². The highest BCUT2D eigenvalue weighted by molar-refractivity contribution is 5.94. The Labute approximate surface area is 113 Å². The van der Waals surface area contributed by atoms with Crippen LogP contribution < -0.4 is 0 Å². The lowest BCUT2D eigenvalue weighted by Crippen LogP contribution is -2.38. The van der Waals surface area contributed by atoms with Gasteiger partial charge in [0.05, 0.1) is 11.8 Å². The van der Waals surface area contributed by atoms with Crippen molar-refractivity contribution in [2.24, 2.45) is 0 Å². The predicted molar refractivity (Wildman–Crippen MR) is 73.1 cm³/mol. The van der Waals surface area contributed by atoms with Gasteiger partial charge in [0, 0.05) is 25.3 Å². The molecule has 1 amide bonds. The Kier molecular flexibility index (Phi) is 4.37. The molecule has 1 aromatic heterocycles. The molecule has 1 aliphatic rings. The summed E-state index contributed by atoms with van der Waals surface area (Å²) in [4.78, 5) is 20.4. The lowest BCUT2D eigenvalue weighted by Gasteiger charge is -2.26. The minimum Gasteiger partial charge on any atom is -0.506 e. The second-order valence-electron chi connectivity index (χ2n) is 4.85. The fourth-order valence-electron chi connectivity index (χ4n) is 2.69. The molecule has 1 saturated heterocycles. The second kappa shape index (κ2) is 6.02. The normalized spacial score (nSPS) is 19.1. The standard InChI is InChI=1S/C14H21N3O2/c1-3-16(4-2)12-5-6-17(10-12)14(19)11-7-13(18)9-15-8-11/h7-9,12,18H,3-6,10H2,1-2H3. The number of carbonyl (C=O) groups is 1. The van der Waals surface area contributed by atoms with Crippen LogP contribution in [0.15, 0.2) is 18.5 Å². The van der Waals surface area contributed by atoms with Crippen molar-refractivity contribution >= 4 is 5.91 Å². The van der Waals surface area contributed by atoms with E-state index < -0.39 is 0 Å². The van der Waals surface area contributed by atoms with Crippen molar-refractivity contribution in [3.05, 3.63) is 24.0 Å². The molecule has 0 bridgehead atoms. The van der Waals surface area contributed by atoms with E-state index in [0.717, 1.165) is 32.6 Å². The van der Waals surface area contributed by atoms with Crippen LogP contribution in [0.1, 0.15) is 30.6 Å². The number of likely N-dealkylation sites (tertiary alicyclic amines) is 1. The van der Waals surface area contributed by atoms with Crippen molar-refractivity contribution in [3.8, 4) is 5.75 Å². The Morgan fingerprint density at radius 2 is 2.21 bits per heavy atom. The van der Waals surface area contributed by atoms with Crippen molar-refractivity contribution in [2.75, 3.05) is 26.2 Å². The van der Waals surface area contributed by atoms with Crippen LogP contribution in [-0.2, 0) is 0 Å². The highest BCUT2D eigenvalue weighted by Gasteiger charge is 2.29. The van der Waals surface area contributed by atoms with Crippen LogP contribution in [0.4, 0.5) is 0 Å². The smallest absolute Gasteiger partial charge is 0.255 e. The third-order valence-electron chi connectivity index (χ3n) is 3.75. The molecule has 1 aromatic rings. The molecular weight excluding hydrogens is 242 g/mol. The first-order valence-electron chi connectivity index (χ1n) is 6.83. The molecule has 5 heteroatoms. The van der Waals surface area contributed by atoms with Crippen LogP contribution in [0.5, 0.6) is 5.75 Å². The van der Waals surface area contributed by atoms with Gasteiger partial charge in [-0.15, -0.1) is 0 Å². The first-order chi connectivity index (χ1) is 9.15. The van der Waals surface area contributed by atoms with Crippen LogP contribution in [0, 0.1) is 0 Å². The van der Waals surface area contributed by atoms with Gasteiger partial charge in [0.15, 0.2) is 0 Å². The molecule has 0 aliphatic carbocycles. The van der Waals surface area contributed by atoms with Gasteiger partial charge in [-0.3, -0.25) is 14.7 Å². The molecule has 0 saturated carbocycles. The average Bonchev–Trinajstić information content (AvgIpc) is 2.89. The molecule has 1 atom stereocenters. The summed E-state index contributed by atoms with van der Waals surface area (Å²) < 4.78 is 0. The number of pyridine rings is 1. The molecule has 1 unspecified atom stereocenters. The minimum absolute atomic E-state index is 0.0327. The topological polar surface area (TPSA) is 56.7 Å². The third kappa shape index (κ3) is 3.04. The van der Waals surface area contributed by atoms with Crippen LogP contribution >= 0.6 is 0 Å². The second-order valence-corrected chi connectivity index (χ2v) is 4.85. The molecule has 104 valence electrons. The summed E-state index contributed by atoms with van der Waals surface area (Å²) >= 11 is 0. The fraction of sp³-hybridized carbons (Fsp3) is 0.571. The van der Waals surface area contributed by atoms with Gasteiger partial charge >= 0.3 is 0 Å². The van der Waals surface area contributed by atoms with Crippen molar-refractivity contribution in [2.45, 2.75) is 26.3 Å². The van der Waals surface area contributed by atoms with Crippen molar-refractivity contribution in [3.63, 3.8) is 0 Å². The first-order valence-corrected chi connectivity index (χ1v) is 6.83. The maximum absolute atomic E-state index is 12.3. The summed E-state index contributed by atoms with van der Waals surface area (Å²) in [6, 6.07) is 1.92. The number of rotatable bonds is 4. The van der Waals surface area contributed by atoms with Crippen molar-refractivity contribution < 1.29 is 9.90 Å². The summed E-state index contributed by atoms with van der Waals surface area (Å²) in [5.74, 6) is -0.0107. The zero-order valence-electron chi connectivity index (χ0n) is 11.5. The summed E-state index contributed by atoms with van der Waals surface area (Å²) in [5, 5.41) is 9.38. The van der Waals surface area contributed by atoms with E-state index in [1.807, 2.05) is 4.90 Å². The maximum atomic E-state index is 12.3. The van der Waals surface area contributed by atoms with Gasteiger partial charge in [-0.2, -0.15) is 0 Å². The quantitative estimate of drug-likeness (QED) is 0.890. The highest BCUT2D eigenvalue weighted by Crippen LogP contribution is 2.19. The number of aromatic hydroxyl groups is 1. The largest absolute Gasteiger partial charge is 0.506 e. The monoisotopic (exact) mass is 263 g/mol. The summed E-state index contributed by atoms with van der Waals surface area (Å²) in [6.07, 6.45) is 3.85. The predicted octanol–water partition coefficient (Wildman–Crippen LogP) is 1.34. The van der Waals surface area contributed by atoms with Gasteiger partial charge in [0.25, 0.3) is 5.91 Å². The highest BCUT2D eigenvalue weighted by atomic mass is 16.3. The summed E-state index contributed by atoms with van der Waals surface area (Å²) in [7, 11) is 0. The number of nitrogens with zero attached hydrogens (tertiary/aromatic N) is 3. The lowest BCUT2D eigenvalue weighted by atomic mass is 10.2. The van der Waals surface area contributed by atoms with E-state index in [4.69, 9.17) is 0 Å². The van der Waals surface area contributed by atoms with E-state index in [9.17, 15) is 9.90 Å². The van der Waals surface area contributed by atoms with E-state index in [1.54, 1.807) is 0 Å². The molecule has 19 heavy (non-hydrogen) atoms. The SMILES string of the molecule is CCN(CC)C1CCN(C(=O)c2cncc(O)c2)C1. The number of amides is 1. The van der Waals surface area contributed by atoms with Crippen LogP contribution in [0.25, 0.3) is 0 Å². The van der Waals surface area contributed by atoms with Gasteiger partial charge in [0.2, 0.25) is 0 Å². The van der Waals surface area contributed by atoms with Gasteiger partial charge < -0.3 is 10.0 Å². The van der Waals surface area contributed by atoms with Gasteiger partial charge in [0.1, 0.15) is 5.75 Å². The molecule has 5 nitrogen and oxygen atoms in total. The molecule has 0 spiro atoms. The maximum Gasteiger partial charge on any atom is 0.255 e. The molecule has 1 N–H and O–H groups in total. The van der Waals surface area contributed by atoms with E-state index in [1.165, 1.54) is 18.5 Å². The Hall–Kier alpha value is -1.62. The number of carbonyl (C=O) groups excluding carboxylic acids is 1. The zero-order chi connectivity index (χ0) is 13.8. The summed E-state index contributed by atoms with van der Waals surface area (Å²) in [5.41, 5.74) is 0.459. The minimum atomic E-state index is -0.0435. The Bertz CT molecular complexity index is 446. The number of hydrogen-bond acceptors (Lipinski definition) is 4. The Balaban J connectivity index is 2.02.